The van der Waals surface area contributed by atoms with Crippen LogP contribution in [0.3, 0.4) is 0 Å². The molecule has 154 valence electrons. The van der Waals surface area contributed by atoms with Gasteiger partial charge in [0.15, 0.2) is 5.76 Å². The third-order valence-corrected chi connectivity index (χ3v) is 3.97. The van der Waals surface area contributed by atoms with Crippen LogP contribution in [0.5, 0.6) is 5.75 Å². The molecule has 0 bridgehead atoms. The van der Waals surface area contributed by atoms with Gasteiger partial charge in [0.25, 0.3) is 11.8 Å². The van der Waals surface area contributed by atoms with Crippen molar-refractivity contribution in [2.45, 2.75) is 0 Å². The van der Waals surface area contributed by atoms with Crippen molar-refractivity contribution in [3.63, 3.8) is 0 Å². The van der Waals surface area contributed by atoms with Crippen LogP contribution in [0.1, 0.15) is 21.7 Å². The molecule has 0 spiro atoms. The van der Waals surface area contributed by atoms with Crippen LogP contribution in [0.2, 0.25) is 5.02 Å². The largest absolute Gasteiger partial charge is 0.490 e. The van der Waals surface area contributed by atoms with Gasteiger partial charge in [-0.2, -0.15) is 0 Å². The number of hydrogen-bond acceptors (Lipinski definition) is 7. The summed E-state index contributed by atoms with van der Waals surface area (Å²) >= 11 is 5.96. The van der Waals surface area contributed by atoms with Gasteiger partial charge >= 0.3 is 0 Å². The summed E-state index contributed by atoms with van der Waals surface area (Å²) in [4.78, 5) is 16.7. The number of rotatable bonds is 7. The molecule has 0 aliphatic rings. The van der Waals surface area contributed by atoms with E-state index in [4.69, 9.17) is 36.3 Å². The Labute approximate surface area is 175 Å². The lowest BCUT2D eigenvalue weighted by Crippen LogP contribution is -2.16. The van der Waals surface area contributed by atoms with Gasteiger partial charge < -0.3 is 19.2 Å². The highest BCUT2D eigenvalue weighted by atomic mass is 35.5. The molecule has 0 aliphatic carbocycles. The minimum atomic E-state index is -0.706. The van der Waals surface area contributed by atoms with E-state index in [0.717, 1.165) is 0 Å². The number of aromatic nitrogens is 1. The molecule has 3 aromatic rings. The molecule has 0 atom stereocenters. The summed E-state index contributed by atoms with van der Waals surface area (Å²) in [7, 11) is 0. The Morgan fingerprint density at radius 2 is 2.03 bits per heavy atom. The van der Waals surface area contributed by atoms with E-state index < -0.39 is 12.6 Å². The molecule has 0 unspecified atom stereocenters. The van der Waals surface area contributed by atoms with Crippen molar-refractivity contribution in [3.8, 4) is 5.75 Å². The first-order valence-electron chi connectivity index (χ1n) is 8.63. The summed E-state index contributed by atoms with van der Waals surface area (Å²) in [6, 6.07) is 10.4. The first kappa shape index (κ1) is 21.0. The summed E-state index contributed by atoms with van der Waals surface area (Å²) < 4.78 is 27.9. The van der Waals surface area contributed by atoms with E-state index in [9.17, 15) is 9.18 Å². The maximum Gasteiger partial charge on any atom is 0.260 e. The summed E-state index contributed by atoms with van der Waals surface area (Å²) in [5.74, 6) is -0.763. The Hall–Kier alpha value is -3.72. The zero-order chi connectivity index (χ0) is 21.5. The molecule has 30 heavy (non-hydrogen) atoms. The SMILES string of the molecule is N=C(OC(=N)c1ccco1)c1ccnc(NC(=O)c2cc(Cl)ccc2OCCF)c1. The zero-order valence-electron chi connectivity index (χ0n) is 15.4. The van der Waals surface area contributed by atoms with Gasteiger partial charge in [-0.1, -0.05) is 11.6 Å². The molecular formula is C20H16ClFN4O4. The Balaban J connectivity index is 1.73. The maximum atomic E-state index is 12.6. The third-order valence-electron chi connectivity index (χ3n) is 3.73. The second-order valence-corrected chi connectivity index (χ2v) is 6.24. The molecule has 8 nitrogen and oxygen atoms in total. The minimum Gasteiger partial charge on any atom is -0.490 e. The summed E-state index contributed by atoms with van der Waals surface area (Å²) in [5, 5.41) is 18.7. The number of alkyl halides is 1. The number of furan rings is 1. The number of pyridine rings is 1. The lowest BCUT2D eigenvalue weighted by Gasteiger charge is -2.12. The van der Waals surface area contributed by atoms with Crippen molar-refractivity contribution in [2.75, 3.05) is 18.6 Å². The average Bonchev–Trinajstić information content (AvgIpc) is 3.28. The molecule has 1 amide bonds. The number of carbonyl (C=O) groups excluding carboxylic acids is 1. The van der Waals surface area contributed by atoms with Crippen LogP contribution < -0.4 is 10.1 Å². The topological polar surface area (TPSA) is 121 Å². The van der Waals surface area contributed by atoms with Crippen LogP contribution in [0.4, 0.5) is 10.2 Å². The van der Waals surface area contributed by atoms with Crippen molar-refractivity contribution in [2.24, 2.45) is 0 Å². The number of amides is 1. The van der Waals surface area contributed by atoms with Crippen LogP contribution in [0.15, 0.2) is 59.3 Å². The Morgan fingerprint density at radius 3 is 2.77 bits per heavy atom. The molecular weight excluding hydrogens is 415 g/mol. The number of anilines is 1. The van der Waals surface area contributed by atoms with E-state index in [1.165, 1.54) is 48.9 Å². The number of benzene rings is 1. The molecule has 0 saturated carbocycles. The van der Waals surface area contributed by atoms with E-state index in [1.54, 1.807) is 6.07 Å². The summed E-state index contributed by atoms with van der Waals surface area (Å²) in [6.07, 6.45) is 2.76. The van der Waals surface area contributed by atoms with Gasteiger partial charge in [-0.3, -0.25) is 15.6 Å². The fourth-order valence-electron chi connectivity index (χ4n) is 2.40. The molecule has 2 heterocycles. The third kappa shape index (κ3) is 5.21. The highest BCUT2D eigenvalue weighted by Gasteiger charge is 2.16. The Bertz CT molecular complexity index is 1070. The number of hydrogen-bond donors (Lipinski definition) is 3. The Morgan fingerprint density at radius 1 is 1.20 bits per heavy atom. The smallest absolute Gasteiger partial charge is 0.260 e. The number of halogens is 2. The number of nitrogens with one attached hydrogen (secondary N) is 3. The van der Waals surface area contributed by atoms with Gasteiger partial charge in [0.1, 0.15) is 24.8 Å². The molecule has 10 heteroatoms. The van der Waals surface area contributed by atoms with Crippen LogP contribution in [0, 0.1) is 10.8 Å². The number of ether oxygens (including phenoxy) is 2. The van der Waals surface area contributed by atoms with Gasteiger partial charge in [0, 0.05) is 16.8 Å². The van der Waals surface area contributed by atoms with Crippen LogP contribution in [0.25, 0.3) is 0 Å². The fourth-order valence-corrected chi connectivity index (χ4v) is 2.57. The quantitative estimate of drug-likeness (QED) is 0.381. The van der Waals surface area contributed by atoms with E-state index in [-0.39, 0.29) is 46.9 Å². The molecule has 1 aromatic carbocycles. The summed E-state index contributed by atoms with van der Waals surface area (Å²) in [6.45, 7) is -0.909. The highest BCUT2D eigenvalue weighted by molar-refractivity contribution is 6.31. The van der Waals surface area contributed by atoms with Crippen molar-refractivity contribution in [1.82, 2.24) is 4.98 Å². The first-order chi connectivity index (χ1) is 14.5. The molecule has 0 radical (unpaired) electrons. The molecule has 0 saturated heterocycles. The van der Waals surface area contributed by atoms with E-state index in [0.29, 0.717) is 5.02 Å². The average molecular weight is 431 g/mol. The molecule has 3 rings (SSSR count). The monoisotopic (exact) mass is 430 g/mol. The molecule has 3 N–H and O–H groups in total. The number of nitrogens with zero attached hydrogens (tertiary/aromatic N) is 1. The maximum absolute atomic E-state index is 12.6. The van der Waals surface area contributed by atoms with E-state index in [1.807, 2.05) is 0 Å². The molecule has 0 aliphatic heterocycles. The summed E-state index contributed by atoms with van der Waals surface area (Å²) in [5.41, 5.74) is 0.380. The second kappa shape index (κ2) is 9.66. The number of carbonyl (C=O) groups is 1. The van der Waals surface area contributed by atoms with Crippen LogP contribution in [-0.4, -0.2) is 36.0 Å². The van der Waals surface area contributed by atoms with Gasteiger partial charge in [0.05, 0.1) is 11.8 Å². The second-order valence-electron chi connectivity index (χ2n) is 5.80. The Kier molecular flexibility index (Phi) is 6.76. The van der Waals surface area contributed by atoms with Crippen molar-refractivity contribution in [3.05, 3.63) is 76.8 Å². The molecule has 0 fully saturated rings. The predicted molar refractivity (Wildman–Crippen MR) is 109 cm³/mol. The predicted octanol–water partition coefficient (Wildman–Crippen LogP) is 4.30. The standard InChI is InChI=1S/C20H16ClFN4O4/c21-13-3-4-15(29-9-6-22)14(11-13)20(27)26-17-10-12(5-7-25-17)18(23)30-19(24)16-2-1-8-28-16/h1-5,7-8,10-11,23-24H,6,9H2,(H,25,26,27). The van der Waals surface area contributed by atoms with Gasteiger partial charge in [-0.15, -0.1) is 0 Å². The molecule has 2 aromatic heterocycles. The van der Waals surface area contributed by atoms with Crippen LogP contribution >= 0.6 is 11.6 Å². The van der Waals surface area contributed by atoms with E-state index in [2.05, 4.69) is 10.3 Å². The lowest BCUT2D eigenvalue weighted by molar-refractivity contribution is 0.102. The highest BCUT2D eigenvalue weighted by Crippen LogP contribution is 2.24. The zero-order valence-corrected chi connectivity index (χ0v) is 16.2. The van der Waals surface area contributed by atoms with Crippen molar-refractivity contribution in [1.29, 1.82) is 10.8 Å². The minimum absolute atomic E-state index is 0.106. The first-order valence-corrected chi connectivity index (χ1v) is 9.00. The van der Waals surface area contributed by atoms with Gasteiger partial charge in [-0.05, 0) is 42.5 Å². The normalized spacial score (nSPS) is 10.3. The van der Waals surface area contributed by atoms with E-state index >= 15 is 0 Å². The van der Waals surface area contributed by atoms with Gasteiger partial charge in [0.2, 0.25) is 5.90 Å². The van der Waals surface area contributed by atoms with Crippen molar-refractivity contribution < 1.29 is 23.1 Å². The van der Waals surface area contributed by atoms with Crippen molar-refractivity contribution >= 4 is 35.1 Å². The van der Waals surface area contributed by atoms with Gasteiger partial charge in [-0.25, -0.2) is 9.37 Å². The lowest BCUT2D eigenvalue weighted by atomic mass is 10.2. The van der Waals surface area contributed by atoms with Crippen LogP contribution in [-0.2, 0) is 4.74 Å². The fraction of sp³-hybridized carbons (Fsp3) is 0.100.